The molecule has 0 spiro atoms. The van der Waals surface area contributed by atoms with Gasteiger partial charge in [0, 0.05) is 0 Å². The van der Waals surface area contributed by atoms with E-state index >= 15 is 0 Å². The summed E-state index contributed by atoms with van der Waals surface area (Å²) in [5, 5.41) is 0. The zero-order valence-corrected chi connectivity index (χ0v) is 5.20. The lowest BCUT2D eigenvalue weighted by Gasteiger charge is -1.76. The van der Waals surface area contributed by atoms with Crippen molar-refractivity contribution in [2.75, 3.05) is 5.75 Å². The lowest BCUT2D eigenvalue weighted by atomic mass is 10.4. The summed E-state index contributed by atoms with van der Waals surface area (Å²) in [4.78, 5) is 0. The fourth-order valence-corrected chi connectivity index (χ4v) is 0.416. The van der Waals surface area contributed by atoms with Crippen LogP contribution in [0.1, 0.15) is 6.42 Å². The molecule has 0 N–H and O–H groups in total. The van der Waals surface area contributed by atoms with Gasteiger partial charge in [-0.25, -0.2) is 0 Å². The molecule has 7 heavy (non-hydrogen) atoms. The molecule has 40 valence electrons. The molecule has 0 aliphatic carbocycles. The summed E-state index contributed by atoms with van der Waals surface area (Å²) >= 11 is 4.01. The molecule has 0 aliphatic heterocycles. The van der Waals surface area contributed by atoms with Crippen LogP contribution in [0.5, 0.6) is 0 Å². The quantitative estimate of drug-likeness (QED) is 0.421. The van der Waals surface area contributed by atoms with Crippen molar-refractivity contribution in [2.45, 2.75) is 6.42 Å². The van der Waals surface area contributed by atoms with Crippen LogP contribution in [-0.4, -0.2) is 5.75 Å². The first-order valence-corrected chi connectivity index (χ1v) is 2.93. The Morgan fingerprint density at radius 3 is 2.71 bits per heavy atom. The van der Waals surface area contributed by atoms with Crippen LogP contribution in [0, 0.1) is 0 Å². The summed E-state index contributed by atoms with van der Waals surface area (Å²) in [5.41, 5.74) is 0. The number of hydrogen-bond acceptors (Lipinski definition) is 1. The van der Waals surface area contributed by atoms with Gasteiger partial charge in [-0.15, -0.1) is 0 Å². The van der Waals surface area contributed by atoms with Crippen molar-refractivity contribution in [1.29, 1.82) is 0 Å². The summed E-state index contributed by atoms with van der Waals surface area (Å²) in [6, 6.07) is 0. The van der Waals surface area contributed by atoms with E-state index in [9.17, 15) is 0 Å². The first kappa shape index (κ1) is 6.83. The van der Waals surface area contributed by atoms with Crippen molar-refractivity contribution in [3.8, 4) is 0 Å². The number of allylic oxidation sites excluding steroid dienone is 3. The minimum absolute atomic E-state index is 0.921. The molecule has 0 radical (unpaired) electrons. The maximum atomic E-state index is 4.01. The maximum Gasteiger partial charge on any atom is -0.00632 e. The molecule has 0 amide bonds. The summed E-state index contributed by atoms with van der Waals surface area (Å²) in [5.74, 6) is 0.921. The van der Waals surface area contributed by atoms with Gasteiger partial charge in [-0.2, -0.15) is 12.6 Å². The molecule has 0 atom stereocenters. The van der Waals surface area contributed by atoms with Crippen LogP contribution in [-0.2, 0) is 0 Å². The van der Waals surface area contributed by atoms with Crippen LogP contribution < -0.4 is 0 Å². The number of rotatable bonds is 3. The van der Waals surface area contributed by atoms with E-state index in [4.69, 9.17) is 0 Å². The molecule has 0 rings (SSSR count). The normalized spacial score (nSPS) is 9.86. The van der Waals surface area contributed by atoms with Crippen LogP contribution >= 0.6 is 12.6 Å². The van der Waals surface area contributed by atoms with E-state index in [1.807, 2.05) is 12.2 Å². The van der Waals surface area contributed by atoms with Gasteiger partial charge in [-0.3, -0.25) is 0 Å². The summed E-state index contributed by atoms with van der Waals surface area (Å²) < 4.78 is 0. The molecule has 0 aromatic rings. The largest absolute Gasteiger partial charge is 0.179 e. The van der Waals surface area contributed by atoms with Crippen LogP contribution in [0.4, 0.5) is 0 Å². The van der Waals surface area contributed by atoms with E-state index in [-0.39, 0.29) is 0 Å². The fraction of sp³-hybridized carbons (Fsp3) is 0.333. The molecule has 0 saturated carbocycles. The third-order valence-corrected chi connectivity index (χ3v) is 0.826. The average Bonchev–Trinajstić information content (AvgIpc) is 1.69. The maximum absolute atomic E-state index is 4.01. The molecule has 0 fully saturated rings. The second-order valence-electron chi connectivity index (χ2n) is 1.18. The summed E-state index contributed by atoms with van der Waals surface area (Å²) in [6.07, 6.45) is 6.77. The van der Waals surface area contributed by atoms with Gasteiger partial charge in [-0.1, -0.05) is 24.8 Å². The van der Waals surface area contributed by atoms with Gasteiger partial charge in [0.1, 0.15) is 0 Å². The van der Waals surface area contributed by atoms with Gasteiger partial charge in [0.15, 0.2) is 0 Å². The van der Waals surface area contributed by atoms with E-state index in [1.165, 1.54) is 0 Å². The van der Waals surface area contributed by atoms with E-state index in [2.05, 4.69) is 19.2 Å². The van der Waals surface area contributed by atoms with Gasteiger partial charge in [0.25, 0.3) is 0 Å². The molecule has 0 aromatic heterocycles. The van der Waals surface area contributed by atoms with E-state index in [0.29, 0.717) is 0 Å². The van der Waals surface area contributed by atoms with Gasteiger partial charge in [-0.05, 0) is 12.2 Å². The lowest BCUT2D eigenvalue weighted by Crippen LogP contribution is -1.62. The van der Waals surface area contributed by atoms with Crippen molar-refractivity contribution in [3.63, 3.8) is 0 Å². The highest BCUT2D eigenvalue weighted by atomic mass is 32.1. The summed E-state index contributed by atoms with van der Waals surface area (Å²) in [6.45, 7) is 3.52. The molecule has 0 aromatic carbocycles. The van der Waals surface area contributed by atoms with Crippen molar-refractivity contribution in [3.05, 3.63) is 24.8 Å². The molecule has 1 heteroatoms. The minimum Gasteiger partial charge on any atom is -0.179 e. The Balaban J connectivity index is 2.92. The second kappa shape index (κ2) is 5.83. The fourth-order valence-electron chi connectivity index (χ4n) is 0.267. The Labute approximate surface area is 50.3 Å². The number of thiol groups is 1. The predicted molar refractivity (Wildman–Crippen MR) is 37.8 cm³/mol. The highest BCUT2D eigenvalue weighted by Gasteiger charge is 1.66. The van der Waals surface area contributed by atoms with Gasteiger partial charge < -0.3 is 0 Å². The molecule has 0 unspecified atom stereocenters. The van der Waals surface area contributed by atoms with E-state index in [0.717, 1.165) is 12.2 Å². The third kappa shape index (κ3) is 5.83. The monoisotopic (exact) mass is 114 g/mol. The van der Waals surface area contributed by atoms with Crippen LogP contribution in [0.25, 0.3) is 0 Å². The second-order valence-corrected chi connectivity index (χ2v) is 1.62. The van der Waals surface area contributed by atoms with Crippen molar-refractivity contribution in [2.24, 2.45) is 0 Å². The molecule has 0 heterocycles. The molecular formula is C6H10S. The summed E-state index contributed by atoms with van der Waals surface area (Å²) in [7, 11) is 0. The zero-order valence-electron chi connectivity index (χ0n) is 4.30. The van der Waals surface area contributed by atoms with Gasteiger partial charge in [0.2, 0.25) is 0 Å². The molecular weight excluding hydrogens is 104 g/mol. The first-order valence-electron chi connectivity index (χ1n) is 2.30. The Morgan fingerprint density at radius 1 is 1.57 bits per heavy atom. The lowest BCUT2D eigenvalue weighted by molar-refractivity contribution is 1.25. The number of hydrogen-bond donors (Lipinski definition) is 1. The van der Waals surface area contributed by atoms with E-state index < -0.39 is 0 Å². The van der Waals surface area contributed by atoms with Crippen LogP contribution in [0.2, 0.25) is 0 Å². The van der Waals surface area contributed by atoms with Gasteiger partial charge in [0.05, 0.1) is 0 Å². The van der Waals surface area contributed by atoms with Gasteiger partial charge >= 0.3 is 0 Å². The van der Waals surface area contributed by atoms with Crippen molar-refractivity contribution < 1.29 is 0 Å². The topological polar surface area (TPSA) is 0 Å². The Hall–Kier alpha value is -0.170. The predicted octanol–water partition coefficient (Wildman–Crippen LogP) is 2.05. The first-order chi connectivity index (χ1) is 3.41. The zero-order chi connectivity index (χ0) is 5.54. The Morgan fingerprint density at radius 2 is 2.29 bits per heavy atom. The molecule has 0 bridgehead atoms. The highest BCUT2D eigenvalue weighted by molar-refractivity contribution is 7.80. The third-order valence-electron chi connectivity index (χ3n) is 0.568. The molecule has 0 saturated heterocycles. The molecule has 0 aliphatic rings. The van der Waals surface area contributed by atoms with Crippen molar-refractivity contribution in [1.82, 2.24) is 0 Å². The Bertz CT molecular complexity index is 64.6. The van der Waals surface area contributed by atoms with Crippen molar-refractivity contribution >= 4 is 12.6 Å². The standard InChI is InChI=1S/C6H10S/c1-2-3-4-5-6-7/h2-4,7H,1,5-6H2. The minimum atomic E-state index is 0.921. The van der Waals surface area contributed by atoms with Crippen LogP contribution in [0.3, 0.4) is 0 Å². The van der Waals surface area contributed by atoms with Crippen LogP contribution in [0.15, 0.2) is 24.8 Å². The molecule has 0 nitrogen and oxygen atoms in total. The smallest absolute Gasteiger partial charge is 0.00632 e. The highest BCUT2D eigenvalue weighted by Crippen LogP contribution is 1.84. The average molecular weight is 114 g/mol. The SMILES string of the molecule is C=CC=CCCS. The Kier molecular flexibility index (Phi) is 5.69. The van der Waals surface area contributed by atoms with E-state index in [1.54, 1.807) is 6.08 Å².